The van der Waals surface area contributed by atoms with Crippen molar-refractivity contribution in [2.24, 2.45) is 9.98 Å². The van der Waals surface area contributed by atoms with Gasteiger partial charge in [0.05, 0.1) is 13.1 Å². The van der Waals surface area contributed by atoms with Crippen LogP contribution < -0.4 is 31.9 Å². The molecule has 3 aromatic carbocycles. The van der Waals surface area contributed by atoms with Crippen LogP contribution in [-0.2, 0) is 0 Å². The number of urea groups is 2. The number of hydrogen-bond donors (Lipinski definition) is 6. The summed E-state index contributed by atoms with van der Waals surface area (Å²) in [5.41, 5.74) is 4.02. The molecule has 5 rings (SSSR count). The first-order valence-corrected chi connectivity index (χ1v) is 13.1. The van der Waals surface area contributed by atoms with E-state index in [0.29, 0.717) is 28.3 Å². The smallest absolute Gasteiger partial charge is 0.323 e. The number of nitrogens with one attached hydrogen (secondary N) is 6. The van der Waals surface area contributed by atoms with Crippen molar-refractivity contribution in [3.8, 4) is 0 Å². The molecule has 2 aliphatic rings. The highest BCUT2D eigenvalue weighted by Gasteiger charge is 2.15. The summed E-state index contributed by atoms with van der Waals surface area (Å²) in [5.74, 6) is 1.39. The molecule has 3 aromatic rings. The Hall–Kier alpha value is -5.39. The van der Waals surface area contributed by atoms with E-state index in [-0.39, 0.29) is 5.91 Å². The van der Waals surface area contributed by atoms with E-state index in [9.17, 15) is 14.4 Å². The summed E-state index contributed by atoms with van der Waals surface area (Å²) in [6.45, 7) is 3.11. The first-order valence-electron chi connectivity index (χ1n) is 13.1. The lowest BCUT2D eigenvalue weighted by Crippen LogP contribution is -2.24. The molecular weight excluding hydrogens is 522 g/mol. The highest BCUT2D eigenvalue weighted by atomic mass is 16.2. The van der Waals surface area contributed by atoms with Gasteiger partial charge in [-0.15, -0.1) is 0 Å². The molecule has 0 fully saturated rings. The fourth-order valence-corrected chi connectivity index (χ4v) is 4.35. The van der Waals surface area contributed by atoms with Gasteiger partial charge in [-0.25, -0.2) is 9.59 Å². The molecule has 0 saturated carbocycles. The monoisotopic (exact) mass is 553 g/mol. The van der Waals surface area contributed by atoms with Gasteiger partial charge in [0.15, 0.2) is 0 Å². The van der Waals surface area contributed by atoms with Crippen molar-refractivity contribution in [3.63, 3.8) is 0 Å². The molecule has 0 spiro atoms. The zero-order chi connectivity index (χ0) is 28.8. The van der Waals surface area contributed by atoms with Gasteiger partial charge in [0.25, 0.3) is 5.91 Å². The number of amidine groups is 2. The molecule has 0 radical (unpaired) electrons. The third-order valence-electron chi connectivity index (χ3n) is 6.28. The van der Waals surface area contributed by atoms with Crippen molar-refractivity contribution >= 4 is 52.4 Å². The third-order valence-corrected chi connectivity index (χ3v) is 6.28. The van der Waals surface area contributed by atoms with E-state index < -0.39 is 12.1 Å². The minimum absolute atomic E-state index is 0.282. The number of nitrogens with zero attached hydrogens (tertiary/aromatic N) is 3. The van der Waals surface area contributed by atoms with Crippen LogP contribution in [0.5, 0.6) is 0 Å². The molecule has 12 heteroatoms. The van der Waals surface area contributed by atoms with E-state index in [1.807, 2.05) is 24.3 Å². The molecule has 0 bridgehead atoms. The second-order valence-corrected chi connectivity index (χ2v) is 9.63. The molecule has 2 aliphatic heterocycles. The van der Waals surface area contributed by atoms with Gasteiger partial charge in [0.2, 0.25) is 0 Å². The Balaban J connectivity index is 1.25. The van der Waals surface area contributed by atoms with Crippen molar-refractivity contribution in [2.45, 2.75) is 0 Å². The van der Waals surface area contributed by atoms with Crippen LogP contribution in [-0.4, -0.2) is 74.8 Å². The average molecular weight is 554 g/mol. The first kappa shape index (κ1) is 27.2. The van der Waals surface area contributed by atoms with Crippen molar-refractivity contribution in [2.75, 3.05) is 61.5 Å². The van der Waals surface area contributed by atoms with E-state index in [1.165, 1.54) is 4.90 Å². The Morgan fingerprint density at radius 3 is 1.41 bits per heavy atom. The van der Waals surface area contributed by atoms with Crippen molar-refractivity contribution < 1.29 is 14.4 Å². The average Bonchev–Trinajstić information content (AvgIpc) is 3.68. The first-order chi connectivity index (χ1) is 19.8. The van der Waals surface area contributed by atoms with Crippen LogP contribution in [0, 0.1) is 0 Å². The van der Waals surface area contributed by atoms with E-state index >= 15 is 0 Å². The maximum atomic E-state index is 12.8. The van der Waals surface area contributed by atoms with Gasteiger partial charge in [-0.3, -0.25) is 14.8 Å². The summed E-state index contributed by atoms with van der Waals surface area (Å²) >= 11 is 0. The second kappa shape index (κ2) is 12.2. The minimum Gasteiger partial charge on any atom is -0.368 e. The van der Waals surface area contributed by atoms with Crippen LogP contribution in [0.3, 0.4) is 0 Å². The number of rotatable bonds is 7. The summed E-state index contributed by atoms with van der Waals surface area (Å²) in [6.07, 6.45) is 0. The summed E-state index contributed by atoms with van der Waals surface area (Å²) in [4.78, 5) is 48.5. The van der Waals surface area contributed by atoms with E-state index in [1.54, 1.807) is 56.6 Å². The molecule has 2 heterocycles. The number of carbonyl (C=O) groups is 3. The van der Waals surface area contributed by atoms with Crippen LogP contribution in [0.4, 0.5) is 32.3 Å². The molecule has 0 aliphatic carbocycles. The predicted octanol–water partition coefficient (Wildman–Crippen LogP) is 3.38. The number of benzene rings is 3. The molecular formula is C29H31N9O3. The Morgan fingerprint density at radius 2 is 1.05 bits per heavy atom. The molecule has 0 unspecified atom stereocenters. The number of aliphatic imine (C=N–C) groups is 2. The zero-order valence-corrected chi connectivity index (χ0v) is 22.7. The number of amides is 5. The van der Waals surface area contributed by atoms with Crippen LogP contribution >= 0.6 is 0 Å². The summed E-state index contributed by atoms with van der Waals surface area (Å²) in [5, 5.41) is 17.5. The Kier molecular flexibility index (Phi) is 8.09. The van der Waals surface area contributed by atoms with Crippen LogP contribution in [0.25, 0.3) is 0 Å². The summed E-state index contributed by atoms with van der Waals surface area (Å²) < 4.78 is 0. The largest absolute Gasteiger partial charge is 0.368 e. The van der Waals surface area contributed by atoms with Crippen molar-refractivity contribution in [1.29, 1.82) is 0 Å². The number of anilines is 4. The lowest BCUT2D eigenvalue weighted by atomic mass is 10.1. The number of hydrogen-bond acceptors (Lipinski definition) is 7. The minimum atomic E-state index is -0.500. The van der Waals surface area contributed by atoms with Crippen LogP contribution in [0.2, 0.25) is 0 Å². The van der Waals surface area contributed by atoms with Crippen LogP contribution in [0.1, 0.15) is 21.5 Å². The zero-order valence-electron chi connectivity index (χ0n) is 22.7. The topological polar surface area (TPSA) is 151 Å². The SMILES string of the molecule is CN(C)C(=O)c1cc(NC(=O)Nc2ccc(C3=NCCN3)cc2)cc(NC(=O)Nc2ccc(C3=NCCN3)cc2)c1. The molecule has 210 valence electrons. The molecule has 41 heavy (non-hydrogen) atoms. The van der Waals surface area contributed by atoms with Gasteiger partial charge < -0.3 is 36.8 Å². The van der Waals surface area contributed by atoms with E-state index in [0.717, 1.165) is 49.0 Å². The standard InChI is InChI=1S/C29H31N9O3/c1-38(2)27(39)20-15-23(36-28(40)34-21-7-3-18(4-8-21)25-30-11-12-31-25)17-24(16-20)37-29(41)35-22-9-5-19(6-10-22)26-32-13-14-33-26/h3-10,15-17H,11-14H2,1-2H3,(H,30,31)(H,32,33)(H2,34,36,40)(H2,35,37,41). The third kappa shape index (κ3) is 6.98. The van der Waals surface area contributed by atoms with Gasteiger partial charge in [-0.05, 0) is 66.7 Å². The predicted molar refractivity (Wildman–Crippen MR) is 161 cm³/mol. The van der Waals surface area contributed by atoms with Gasteiger partial charge >= 0.3 is 12.1 Å². The fraction of sp³-hybridized carbons (Fsp3) is 0.207. The molecule has 0 aromatic heterocycles. The van der Waals surface area contributed by atoms with Gasteiger partial charge in [0.1, 0.15) is 11.7 Å². The second-order valence-electron chi connectivity index (χ2n) is 9.63. The summed E-state index contributed by atoms with van der Waals surface area (Å²) in [7, 11) is 3.25. The molecule has 0 saturated heterocycles. The maximum absolute atomic E-state index is 12.8. The van der Waals surface area contributed by atoms with Crippen molar-refractivity contribution in [1.82, 2.24) is 15.5 Å². The maximum Gasteiger partial charge on any atom is 0.323 e. The van der Waals surface area contributed by atoms with Gasteiger partial charge in [-0.1, -0.05) is 0 Å². The molecule has 5 amide bonds. The van der Waals surface area contributed by atoms with Gasteiger partial charge in [-0.2, -0.15) is 0 Å². The lowest BCUT2D eigenvalue weighted by molar-refractivity contribution is 0.0827. The van der Waals surface area contributed by atoms with Crippen LogP contribution in [0.15, 0.2) is 76.7 Å². The Bertz CT molecular complexity index is 1410. The molecule has 6 N–H and O–H groups in total. The highest BCUT2D eigenvalue weighted by Crippen LogP contribution is 2.22. The normalized spacial score (nSPS) is 13.7. The highest BCUT2D eigenvalue weighted by molar-refractivity contribution is 6.06. The van der Waals surface area contributed by atoms with E-state index in [4.69, 9.17) is 0 Å². The Labute approximate surface area is 237 Å². The van der Waals surface area contributed by atoms with Gasteiger partial charge in [0, 0.05) is 66.6 Å². The van der Waals surface area contributed by atoms with Crippen molar-refractivity contribution in [3.05, 3.63) is 83.4 Å². The molecule has 12 nitrogen and oxygen atoms in total. The number of carbonyl (C=O) groups excluding carboxylic acids is 3. The Morgan fingerprint density at radius 1 is 0.634 bits per heavy atom. The van der Waals surface area contributed by atoms with E-state index in [2.05, 4.69) is 41.9 Å². The quantitative estimate of drug-likeness (QED) is 0.265. The fourth-order valence-electron chi connectivity index (χ4n) is 4.35. The summed E-state index contributed by atoms with van der Waals surface area (Å²) in [6, 6.07) is 18.3. The molecule has 0 atom stereocenters. The lowest BCUT2D eigenvalue weighted by Gasteiger charge is -2.15.